The SMILES string of the molecule is Cn1ccnc1SC[C@H]1OC(n2cnc3c(NC4CCOC4)ncnc32)[C@H](O)[C@@H]1O. The fraction of sp³-hybridized carbons (Fsp3) is 0.556. The van der Waals surface area contributed by atoms with Gasteiger partial charge in [0.1, 0.15) is 18.5 Å². The van der Waals surface area contributed by atoms with E-state index in [-0.39, 0.29) is 6.04 Å². The quantitative estimate of drug-likeness (QED) is 0.462. The second-order valence-corrected chi connectivity index (χ2v) is 8.42. The van der Waals surface area contributed by atoms with E-state index in [4.69, 9.17) is 9.47 Å². The molecule has 30 heavy (non-hydrogen) atoms. The Morgan fingerprint density at radius 3 is 2.90 bits per heavy atom. The van der Waals surface area contributed by atoms with Crippen molar-refractivity contribution in [3.63, 3.8) is 0 Å². The molecule has 0 saturated carbocycles. The van der Waals surface area contributed by atoms with Gasteiger partial charge in [-0.1, -0.05) is 11.8 Å². The molecule has 12 heteroatoms. The minimum Gasteiger partial charge on any atom is -0.387 e. The molecule has 2 fully saturated rings. The lowest BCUT2D eigenvalue weighted by molar-refractivity contribution is -0.0289. The number of aliphatic hydroxyl groups excluding tert-OH is 2. The third kappa shape index (κ3) is 3.54. The number of aliphatic hydroxyl groups is 2. The van der Waals surface area contributed by atoms with Gasteiger partial charge in [-0.3, -0.25) is 4.57 Å². The molecule has 2 unspecified atom stereocenters. The Hall–Kier alpha value is -2.25. The summed E-state index contributed by atoms with van der Waals surface area (Å²) in [6.07, 6.45) is 3.99. The van der Waals surface area contributed by atoms with Gasteiger partial charge in [0.25, 0.3) is 0 Å². The third-order valence-electron chi connectivity index (χ3n) is 5.39. The summed E-state index contributed by atoms with van der Waals surface area (Å²) in [4.78, 5) is 17.3. The molecule has 5 rings (SSSR count). The van der Waals surface area contributed by atoms with Gasteiger partial charge in [0.15, 0.2) is 28.4 Å². The number of thioether (sulfide) groups is 1. The van der Waals surface area contributed by atoms with Crippen molar-refractivity contribution < 1.29 is 19.7 Å². The van der Waals surface area contributed by atoms with E-state index in [1.165, 1.54) is 18.1 Å². The maximum atomic E-state index is 10.6. The van der Waals surface area contributed by atoms with Crippen molar-refractivity contribution >= 4 is 28.7 Å². The number of nitrogens with zero attached hydrogens (tertiary/aromatic N) is 6. The van der Waals surface area contributed by atoms with E-state index in [1.54, 1.807) is 17.1 Å². The molecule has 0 spiro atoms. The summed E-state index contributed by atoms with van der Waals surface area (Å²) in [5.41, 5.74) is 1.11. The second kappa shape index (κ2) is 8.12. The van der Waals surface area contributed by atoms with Crippen molar-refractivity contribution in [3.05, 3.63) is 25.0 Å². The first-order valence-electron chi connectivity index (χ1n) is 9.75. The maximum Gasteiger partial charge on any atom is 0.167 e. The summed E-state index contributed by atoms with van der Waals surface area (Å²) in [6, 6.07) is 0.177. The van der Waals surface area contributed by atoms with Crippen LogP contribution >= 0.6 is 11.8 Å². The zero-order chi connectivity index (χ0) is 20.7. The molecule has 5 atom stereocenters. The van der Waals surface area contributed by atoms with Crippen LogP contribution in [0.3, 0.4) is 0 Å². The molecule has 0 radical (unpaired) electrons. The fourth-order valence-corrected chi connectivity index (χ4v) is 4.72. The first-order valence-corrected chi connectivity index (χ1v) is 10.7. The number of hydrogen-bond acceptors (Lipinski definition) is 10. The minimum atomic E-state index is -1.11. The van der Waals surface area contributed by atoms with E-state index in [1.807, 2.05) is 17.8 Å². The summed E-state index contributed by atoms with van der Waals surface area (Å²) < 4.78 is 15.0. The smallest absolute Gasteiger partial charge is 0.167 e. The normalized spacial score (nSPS) is 29.1. The summed E-state index contributed by atoms with van der Waals surface area (Å²) in [7, 11) is 1.90. The molecular weight excluding hydrogens is 410 g/mol. The predicted octanol–water partition coefficient (Wildman–Crippen LogP) is 0.172. The van der Waals surface area contributed by atoms with E-state index in [0.29, 0.717) is 29.3 Å². The molecule has 11 nitrogen and oxygen atoms in total. The number of imidazole rings is 2. The van der Waals surface area contributed by atoms with Crippen LogP contribution in [0.15, 0.2) is 30.2 Å². The molecule has 3 aromatic rings. The molecule has 3 N–H and O–H groups in total. The molecule has 0 aliphatic carbocycles. The Morgan fingerprint density at radius 2 is 2.13 bits per heavy atom. The van der Waals surface area contributed by atoms with Crippen LogP contribution in [-0.2, 0) is 16.5 Å². The van der Waals surface area contributed by atoms with Gasteiger partial charge in [-0.25, -0.2) is 19.9 Å². The monoisotopic (exact) mass is 433 g/mol. The van der Waals surface area contributed by atoms with Crippen molar-refractivity contribution in [2.45, 2.75) is 42.2 Å². The number of rotatable bonds is 6. The first-order chi connectivity index (χ1) is 14.6. The van der Waals surface area contributed by atoms with Gasteiger partial charge in [-0.05, 0) is 6.42 Å². The van der Waals surface area contributed by atoms with Crippen molar-refractivity contribution in [2.24, 2.45) is 7.05 Å². The van der Waals surface area contributed by atoms with E-state index >= 15 is 0 Å². The van der Waals surface area contributed by atoms with Crippen LogP contribution in [-0.4, -0.2) is 82.6 Å². The Bertz CT molecular complexity index is 1020. The number of anilines is 1. The average molecular weight is 433 g/mol. The lowest BCUT2D eigenvalue weighted by Crippen LogP contribution is -2.32. The van der Waals surface area contributed by atoms with E-state index < -0.39 is 24.5 Å². The third-order valence-corrected chi connectivity index (χ3v) is 6.54. The topological polar surface area (TPSA) is 132 Å². The predicted molar refractivity (Wildman–Crippen MR) is 108 cm³/mol. The molecule has 160 valence electrons. The lowest BCUT2D eigenvalue weighted by Gasteiger charge is -2.17. The standard InChI is InChI=1S/C18H23N7O4S/c1-24-4-3-19-18(24)30-7-11-13(26)14(27)17(29-11)25-9-22-12-15(20-8-21-16(12)25)23-10-2-5-28-6-10/h3-4,8-11,13-14,17,26-27H,2,5-7H2,1H3,(H,20,21,23)/t10?,11-,13-,14-,17?/m1/s1. The van der Waals surface area contributed by atoms with Gasteiger partial charge in [0.05, 0.1) is 25.1 Å². The molecule has 5 heterocycles. The summed E-state index contributed by atoms with van der Waals surface area (Å²) >= 11 is 1.46. The molecule has 0 amide bonds. The molecule has 3 aromatic heterocycles. The molecule has 0 bridgehead atoms. The van der Waals surface area contributed by atoms with Crippen LogP contribution in [0.1, 0.15) is 12.6 Å². The van der Waals surface area contributed by atoms with Gasteiger partial charge >= 0.3 is 0 Å². The van der Waals surface area contributed by atoms with Crippen LogP contribution in [0.4, 0.5) is 5.82 Å². The Kier molecular flexibility index (Phi) is 5.33. The Morgan fingerprint density at radius 1 is 1.23 bits per heavy atom. The van der Waals surface area contributed by atoms with Crippen LogP contribution < -0.4 is 5.32 Å². The first kappa shape index (κ1) is 19.7. The van der Waals surface area contributed by atoms with Crippen molar-refractivity contribution in [1.82, 2.24) is 29.1 Å². The zero-order valence-corrected chi connectivity index (χ0v) is 17.1. The Balaban J connectivity index is 1.35. The Labute approximate surface area is 176 Å². The summed E-state index contributed by atoms with van der Waals surface area (Å²) in [6.45, 7) is 1.34. The second-order valence-electron chi connectivity index (χ2n) is 7.43. The summed E-state index contributed by atoms with van der Waals surface area (Å²) in [5, 5.41) is 25.3. The molecule has 2 aliphatic rings. The molecular formula is C18H23N7O4S. The zero-order valence-electron chi connectivity index (χ0n) is 16.3. The molecule has 0 aromatic carbocycles. The van der Waals surface area contributed by atoms with Crippen LogP contribution in [0.2, 0.25) is 0 Å². The van der Waals surface area contributed by atoms with Crippen LogP contribution in [0.5, 0.6) is 0 Å². The average Bonchev–Trinajstić information content (AvgIpc) is 3.52. The van der Waals surface area contributed by atoms with E-state index in [2.05, 4.69) is 25.3 Å². The van der Waals surface area contributed by atoms with Gasteiger partial charge in [0.2, 0.25) is 0 Å². The number of ether oxygens (including phenoxy) is 2. The van der Waals surface area contributed by atoms with Crippen molar-refractivity contribution in [1.29, 1.82) is 0 Å². The van der Waals surface area contributed by atoms with Gasteiger partial charge in [-0.15, -0.1) is 0 Å². The number of fused-ring (bicyclic) bond motifs is 1. The number of hydrogen-bond donors (Lipinski definition) is 3. The highest BCUT2D eigenvalue weighted by Gasteiger charge is 2.44. The lowest BCUT2D eigenvalue weighted by atomic mass is 10.1. The maximum absolute atomic E-state index is 10.6. The molecule has 2 aliphatic heterocycles. The summed E-state index contributed by atoms with van der Waals surface area (Å²) in [5.74, 6) is 1.07. The fourth-order valence-electron chi connectivity index (χ4n) is 3.73. The van der Waals surface area contributed by atoms with Crippen molar-refractivity contribution in [2.75, 3.05) is 24.3 Å². The van der Waals surface area contributed by atoms with Crippen LogP contribution in [0.25, 0.3) is 11.2 Å². The highest BCUT2D eigenvalue weighted by Crippen LogP contribution is 2.34. The van der Waals surface area contributed by atoms with E-state index in [9.17, 15) is 10.2 Å². The number of aryl methyl sites for hydroxylation is 1. The number of aromatic nitrogens is 6. The molecule has 2 saturated heterocycles. The van der Waals surface area contributed by atoms with Gasteiger partial charge in [-0.2, -0.15) is 0 Å². The van der Waals surface area contributed by atoms with Crippen LogP contribution in [0, 0.1) is 0 Å². The van der Waals surface area contributed by atoms with Gasteiger partial charge in [0, 0.05) is 31.8 Å². The minimum absolute atomic E-state index is 0.177. The van der Waals surface area contributed by atoms with Crippen molar-refractivity contribution in [3.8, 4) is 0 Å². The largest absolute Gasteiger partial charge is 0.387 e. The van der Waals surface area contributed by atoms with Gasteiger partial charge < -0.3 is 29.6 Å². The highest BCUT2D eigenvalue weighted by molar-refractivity contribution is 7.99. The number of nitrogens with one attached hydrogen (secondary N) is 1. The van der Waals surface area contributed by atoms with E-state index in [0.717, 1.165) is 18.2 Å². The highest BCUT2D eigenvalue weighted by atomic mass is 32.2.